The highest BCUT2D eigenvalue weighted by atomic mass is 14.8. The largest absolute Gasteiger partial charge is 0.253 e. The van der Waals surface area contributed by atoms with Crippen LogP contribution in [0.2, 0.25) is 0 Å². The molecule has 0 amide bonds. The second kappa shape index (κ2) is 3.95. The Bertz CT molecular complexity index is 353. The van der Waals surface area contributed by atoms with Gasteiger partial charge in [0.15, 0.2) is 0 Å². The van der Waals surface area contributed by atoms with Crippen LogP contribution in [0.4, 0.5) is 0 Å². The van der Waals surface area contributed by atoms with E-state index in [0.717, 1.165) is 6.42 Å². The first-order chi connectivity index (χ1) is 6.85. The first-order valence-electron chi connectivity index (χ1n) is 5.56. The average Bonchev–Trinajstić information content (AvgIpc) is 2.69. The van der Waals surface area contributed by atoms with E-state index < -0.39 is 0 Å². The molecule has 0 aromatic carbocycles. The Balaban J connectivity index is 2.21. The zero-order valence-electron chi connectivity index (χ0n) is 9.01. The van der Waals surface area contributed by atoms with Crippen molar-refractivity contribution in [2.75, 3.05) is 0 Å². The summed E-state index contributed by atoms with van der Waals surface area (Å²) >= 11 is 0. The quantitative estimate of drug-likeness (QED) is 0.635. The lowest BCUT2D eigenvalue weighted by molar-refractivity contribution is 0.896. The number of aliphatic imine (C=N–C) groups is 1. The molecule has 0 aromatic rings. The average molecular weight is 187 g/mol. The first-order valence-corrected chi connectivity index (χ1v) is 5.56. The molecule has 0 atom stereocenters. The third kappa shape index (κ3) is 1.59. The van der Waals surface area contributed by atoms with Crippen LogP contribution >= 0.6 is 0 Å². The van der Waals surface area contributed by atoms with Crippen molar-refractivity contribution in [3.8, 4) is 0 Å². The van der Waals surface area contributed by atoms with Gasteiger partial charge in [0.05, 0.1) is 5.71 Å². The molecular weight excluding hydrogens is 170 g/mol. The molecule has 1 heteroatoms. The van der Waals surface area contributed by atoms with E-state index in [4.69, 9.17) is 0 Å². The summed E-state index contributed by atoms with van der Waals surface area (Å²) < 4.78 is 0. The van der Waals surface area contributed by atoms with Crippen molar-refractivity contribution in [3.05, 3.63) is 35.1 Å². The van der Waals surface area contributed by atoms with Crippen molar-refractivity contribution in [2.45, 2.75) is 39.5 Å². The Morgan fingerprint density at radius 2 is 1.86 bits per heavy atom. The number of fused-ring (bicyclic) bond motifs is 1. The molecule has 0 radical (unpaired) electrons. The topological polar surface area (TPSA) is 12.4 Å². The second-order valence-corrected chi connectivity index (χ2v) is 3.90. The summed E-state index contributed by atoms with van der Waals surface area (Å²) in [7, 11) is 0. The van der Waals surface area contributed by atoms with Crippen LogP contribution < -0.4 is 0 Å². The van der Waals surface area contributed by atoms with Crippen molar-refractivity contribution in [1.29, 1.82) is 0 Å². The summed E-state index contributed by atoms with van der Waals surface area (Å²) in [6, 6.07) is 0. The Labute approximate surface area is 85.9 Å². The minimum absolute atomic E-state index is 1.11. The number of hydrogen-bond donors (Lipinski definition) is 0. The van der Waals surface area contributed by atoms with E-state index in [1.165, 1.54) is 41.8 Å². The summed E-state index contributed by atoms with van der Waals surface area (Å²) in [5.41, 5.74) is 5.31. The van der Waals surface area contributed by atoms with Gasteiger partial charge in [0, 0.05) is 11.3 Å². The fourth-order valence-electron chi connectivity index (χ4n) is 2.01. The molecule has 2 aliphatic rings. The maximum Gasteiger partial charge on any atom is 0.0708 e. The van der Waals surface area contributed by atoms with Gasteiger partial charge in [0.1, 0.15) is 0 Å². The van der Waals surface area contributed by atoms with E-state index in [9.17, 15) is 0 Å². The van der Waals surface area contributed by atoms with Gasteiger partial charge in [-0.3, -0.25) is 4.99 Å². The van der Waals surface area contributed by atoms with Crippen LogP contribution in [-0.2, 0) is 0 Å². The standard InChI is InChI=1S/C13H17N/c1-3-5-10-7-8-13-12(10)9-11(14-13)6-4-2/h7-9H,3-6H2,1-2H3. The minimum Gasteiger partial charge on any atom is -0.253 e. The van der Waals surface area contributed by atoms with Gasteiger partial charge in [-0.1, -0.05) is 32.8 Å². The summed E-state index contributed by atoms with van der Waals surface area (Å²) in [4.78, 5) is 4.61. The molecule has 0 unspecified atom stereocenters. The van der Waals surface area contributed by atoms with E-state index in [1.807, 2.05) is 0 Å². The Hall–Kier alpha value is -1.11. The lowest BCUT2D eigenvalue weighted by Crippen LogP contribution is -1.88. The zero-order chi connectivity index (χ0) is 9.97. The molecule has 1 nitrogen and oxygen atoms in total. The third-order valence-corrected chi connectivity index (χ3v) is 2.66. The SMILES string of the molecule is CCCC1=CC2=C(CCC)C=CC2=N1. The van der Waals surface area contributed by atoms with E-state index in [2.05, 4.69) is 37.1 Å². The van der Waals surface area contributed by atoms with Crippen molar-refractivity contribution >= 4 is 5.71 Å². The first kappa shape index (κ1) is 9.45. The fraction of sp³-hybridized carbons (Fsp3) is 0.462. The number of allylic oxidation sites excluding steroid dienone is 6. The van der Waals surface area contributed by atoms with Gasteiger partial charge >= 0.3 is 0 Å². The van der Waals surface area contributed by atoms with Crippen molar-refractivity contribution in [1.82, 2.24) is 0 Å². The molecule has 2 rings (SSSR count). The molecule has 1 aliphatic heterocycles. The third-order valence-electron chi connectivity index (χ3n) is 2.66. The maximum atomic E-state index is 4.61. The van der Waals surface area contributed by atoms with Crippen LogP contribution in [0.5, 0.6) is 0 Å². The molecule has 0 saturated heterocycles. The minimum atomic E-state index is 1.11. The van der Waals surface area contributed by atoms with Crippen LogP contribution in [0.3, 0.4) is 0 Å². The zero-order valence-corrected chi connectivity index (χ0v) is 9.01. The molecule has 0 aromatic heterocycles. The molecule has 0 spiro atoms. The molecule has 1 aliphatic carbocycles. The lowest BCUT2D eigenvalue weighted by atomic mass is 10.1. The van der Waals surface area contributed by atoms with Crippen molar-refractivity contribution in [2.24, 2.45) is 4.99 Å². The van der Waals surface area contributed by atoms with Crippen molar-refractivity contribution in [3.63, 3.8) is 0 Å². The number of nitrogens with zero attached hydrogens (tertiary/aromatic N) is 1. The Morgan fingerprint density at radius 1 is 1.07 bits per heavy atom. The second-order valence-electron chi connectivity index (χ2n) is 3.90. The van der Waals surface area contributed by atoms with E-state index in [-0.39, 0.29) is 0 Å². The van der Waals surface area contributed by atoms with Crippen LogP contribution in [-0.4, -0.2) is 5.71 Å². The highest BCUT2D eigenvalue weighted by Crippen LogP contribution is 2.30. The van der Waals surface area contributed by atoms with Gasteiger partial charge in [-0.2, -0.15) is 0 Å². The van der Waals surface area contributed by atoms with Gasteiger partial charge in [-0.05, 0) is 30.6 Å². The molecule has 14 heavy (non-hydrogen) atoms. The summed E-state index contributed by atoms with van der Waals surface area (Å²) in [5, 5.41) is 0. The van der Waals surface area contributed by atoms with Gasteiger partial charge in [0.2, 0.25) is 0 Å². The smallest absolute Gasteiger partial charge is 0.0708 e. The van der Waals surface area contributed by atoms with Gasteiger partial charge in [0.25, 0.3) is 0 Å². The maximum absolute atomic E-state index is 4.61. The monoisotopic (exact) mass is 187 g/mol. The molecule has 0 bridgehead atoms. The Morgan fingerprint density at radius 3 is 2.57 bits per heavy atom. The van der Waals surface area contributed by atoms with E-state index in [0.29, 0.717) is 0 Å². The molecule has 74 valence electrons. The molecule has 0 fully saturated rings. The van der Waals surface area contributed by atoms with Crippen molar-refractivity contribution < 1.29 is 0 Å². The molecular formula is C13H17N. The summed E-state index contributed by atoms with van der Waals surface area (Å²) in [6.45, 7) is 4.43. The number of rotatable bonds is 4. The summed E-state index contributed by atoms with van der Waals surface area (Å²) in [5.74, 6) is 0. The van der Waals surface area contributed by atoms with Gasteiger partial charge in [-0.15, -0.1) is 0 Å². The van der Waals surface area contributed by atoms with E-state index >= 15 is 0 Å². The van der Waals surface area contributed by atoms with Crippen LogP contribution in [0.1, 0.15) is 39.5 Å². The van der Waals surface area contributed by atoms with Gasteiger partial charge in [-0.25, -0.2) is 0 Å². The van der Waals surface area contributed by atoms with Crippen LogP contribution in [0.25, 0.3) is 0 Å². The highest BCUT2D eigenvalue weighted by molar-refractivity contribution is 6.16. The lowest BCUT2D eigenvalue weighted by Gasteiger charge is -1.97. The highest BCUT2D eigenvalue weighted by Gasteiger charge is 2.18. The van der Waals surface area contributed by atoms with E-state index in [1.54, 1.807) is 0 Å². The molecule has 1 heterocycles. The Kier molecular flexibility index (Phi) is 2.67. The normalized spacial score (nSPS) is 18.7. The number of hydrogen-bond acceptors (Lipinski definition) is 1. The van der Waals surface area contributed by atoms with Crippen LogP contribution in [0.15, 0.2) is 40.1 Å². The van der Waals surface area contributed by atoms with Gasteiger partial charge < -0.3 is 0 Å². The molecule has 0 N–H and O–H groups in total. The molecule has 0 saturated carbocycles. The fourth-order valence-corrected chi connectivity index (χ4v) is 2.01. The van der Waals surface area contributed by atoms with Crippen LogP contribution in [0, 0.1) is 0 Å². The summed E-state index contributed by atoms with van der Waals surface area (Å²) in [6.07, 6.45) is 11.3. The predicted octanol–water partition coefficient (Wildman–Crippen LogP) is 3.79. The predicted molar refractivity (Wildman–Crippen MR) is 61.5 cm³/mol.